The molecule has 0 aromatic carbocycles. The Morgan fingerprint density at radius 1 is 1.17 bits per heavy atom. The second kappa shape index (κ2) is 2.28. The van der Waals surface area contributed by atoms with E-state index in [1.165, 1.54) is 32.1 Å². The highest BCUT2D eigenvalue weighted by Gasteiger charge is 2.51. The lowest BCUT2D eigenvalue weighted by molar-refractivity contribution is 0.0999. The van der Waals surface area contributed by atoms with E-state index in [0.717, 1.165) is 17.8 Å². The fraction of sp³-hybridized carbons (Fsp3) is 0.818. The molecule has 2 unspecified atom stereocenters. The fourth-order valence-electron chi connectivity index (χ4n) is 3.78. The molecule has 4 rings (SSSR count). The summed E-state index contributed by atoms with van der Waals surface area (Å²) in [5.41, 5.74) is 1.61. The van der Waals surface area contributed by atoms with E-state index in [-0.39, 0.29) is 0 Å². The first-order chi connectivity index (χ1) is 5.66. The molecule has 4 aliphatic carbocycles. The zero-order valence-electron chi connectivity index (χ0n) is 7.35. The van der Waals surface area contributed by atoms with Crippen LogP contribution in [0.2, 0.25) is 0 Å². The number of hydrogen-bond donors (Lipinski definition) is 0. The average molecular weight is 274 g/mol. The maximum atomic E-state index is 4.28. The highest BCUT2D eigenvalue weighted by atomic mass is 127. The van der Waals surface area contributed by atoms with Crippen molar-refractivity contribution in [3.63, 3.8) is 0 Å². The van der Waals surface area contributed by atoms with Crippen molar-refractivity contribution in [3.05, 3.63) is 12.2 Å². The maximum absolute atomic E-state index is 4.28. The van der Waals surface area contributed by atoms with Crippen LogP contribution in [-0.4, -0.2) is 3.42 Å². The summed E-state index contributed by atoms with van der Waals surface area (Å²) in [5, 5.41) is 0. The van der Waals surface area contributed by atoms with Crippen molar-refractivity contribution in [1.29, 1.82) is 0 Å². The SMILES string of the molecule is C=C1[C@@H]2CC3C[C@H]1CC(I)(C3)C2. The van der Waals surface area contributed by atoms with Gasteiger partial charge in [-0.3, -0.25) is 0 Å². The molecule has 0 radical (unpaired) electrons. The summed E-state index contributed by atoms with van der Waals surface area (Å²) in [5.74, 6) is 2.88. The minimum Gasteiger partial charge on any atom is -0.0993 e. The van der Waals surface area contributed by atoms with Gasteiger partial charge in [0.25, 0.3) is 0 Å². The van der Waals surface area contributed by atoms with Gasteiger partial charge < -0.3 is 0 Å². The standard InChI is InChI=1S/C11H15I/c1-7-9-2-8-3-10(7)6-11(12,4-8)5-9/h8-10H,1-6H2/t8?,9-,10+,11?. The highest BCUT2D eigenvalue weighted by molar-refractivity contribution is 14.1. The lowest BCUT2D eigenvalue weighted by atomic mass is 9.54. The number of hydrogen-bond acceptors (Lipinski definition) is 0. The number of allylic oxidation sites excluding steroid dienone is 1. The second-order valence-corrected chi connectivity index (χ2v) is 7.36. The minimum absolute atomic E-state index is 0.690. The van der Waals surface area contributed by atoms with Crippen LogP contribution in [0.25, 0.3) is 0 Å². The molecule has 0 aromatic rings. The lowest BCUT2D eigenvalue weighted by Gasteiger charge is -2.55. The monoisotopic (exact) mass is 274 g/mol. The van der Waals surface area contributed by atoms with Crippen LogP contribution >= 0.6 is 22.6 Å². The van der Waals surface area contributed by atoms with E-state index in [2.05, 4.69) is 29.2 Å². The summed E-state index contributed by atoms with van der Waals surface area (Å²) >= 11 is 2.73. The largest absolute Gasteiger partial charge is 0.0993 e. The van der Waals surface area contributed by atoms with Crippen molar-refractivity contribution in [3.8, 4) is 0 Å². The molecule has 0 N–H and O–H groups in total. The summed E-state index contributed by atoms with van der Waals surface area (Å²) in [6, 6.07) is 0. The predicted molar refractivity (Wildman–Crippen MR) is 59.4 cm³/mol. The van der Waals surface area contributed by atoms with E-state index in [1.54, 1.807) is 5.57 Å². The molecule has 4 atom stereocenters. The highest BCUT2D eigenvalue weighted by Crippen LogP contribution is 2.60. The Morgan fingerprint density at radius 2 is 1.75 bits per heavy atom. The molecule has 0 aliphatic heterocycles. The Kier molecular flexibility index (Phi) is 1.49. The minimum atomic E-state index is 0.690. The Balaban J connectivity index is 2.00. The lowest BCUT2D eigenvalue weighted by Crippen LogP contribution is -2.47. The van der Waals surface area contributed by atoms with Crippen LogP contribution in [0.1, 0.15) is 32.1 Å². The number of rotatable bonds is 0. The third-order valence-electron chi connectivity index (χ3n) is 4.16. The molecule has 0 nitrogen and oxygen atoms in total. The topological polar surface area (TPSA) is 0 Å². The molecule has 0 heterocycles. The molecule has 4 aliphatic rings. The first-order valence-electron chi connectivity index (χ1n) is 5.04. The van der Waals surface area contributed by atoms with Crippen LogP contribution in [0.3, 0.4) is 0 Å². The van der Waals surface area contributed by atoms with Gasteiger partial charge in [-0.25, -0.2) is 0 Å². The summed E-state index contributed by atoms with van der Waals surface area (Å²) in [4.78, 5) is 0. The summed E-state index contributed by atoms with van der Waals surface area (Å²) < 4.78 is 0.690. The number of halogens is 1. The van der Waals surface area contributed by atoms with Gasteiger partial charge in [-0.1, -0.05) is 34.7 Å². The van der Waals surface area contributed by atoms with E-state index >= 15 is 0 Å². The van der Waals surface area contributed by atoms with Crippen LogP contribution in [0.5, 0.6) is 0 Å². The molecular formula is C11H15I. The van der Waals surface area contributed by atoms with Gasteiger partial charge in [0.05, 0.1) is 0 Å². The Bertz CT molecular complexity index is 225. The molecule has 0 saturated heterocycles. The first kappa shape index (κ1) is 7.84. The molecule has 4 saturated carbocycles. The molecule has 0 spiro atoms. The molecule has 4 bridgehead atoms. The smallest absolute Gasteiger partial charge is 0.0236 e. The zero-order chi connectivity index (χ0) is 8.34. The maximum Gasteiger partial charge on any atom is 0.0236 e. The van der Waals surface area contributed by atoms with Crippen molar-refractivity contribution in [1.82, 2.24) is 0 Å². The van der Waals surface area contributed by atoms with Crippen molar-refractivity contribution in [2.24, 2.45) is 17.8 Å². The average Bonchev–Trinajstić information content (AvgIpc) is 1.96. The van der Waals surface area contributed by atoms with Gasteiger partial charge in [0.1, 0.15) is 0 Å². The summed E-state index contributed by atoms with van der Waals surface area (Å²) in [7, 11) is 0. The van der Waals surface area contributed by atoms with Gasteiger partial charge in [0.15, 0.2) is 0 Å². The van der Waals surface area contributed by atoms with Gasteiger partial charge in [0, 0.05) is 3.42 Å². The van der Waals surface area contributed by atoms with Gasteiger partial charge in [-0.05, 0) is 49.9 Å². The first-order valence-corrected chi connectivity index (χ1v) is 6.12. The molecule has 0 amide bonds. The van der Waals surface area contributed by atoms with E-state index in [1.807, 2.05) is 0 Å². The molecular weight excluding hydrogens is 259 g/mol. The molecule has 66 valence electrons. The Morgan fingerprint density at radius 3 is 2.25 bits per heavy atom. The van der Waals surface area contributed by atoms with E-state index in [4.69, 9.17) is 0 Å². The molecule has 12 heavy (non-hydrogen) atoms. The third-order valence-corrected chi connectivity index (χ3v) is 5.48. The molecule has 1 heteroatoms. The molecule has 0 aromatic heterocycles. The van der Waals surface area contributed by atoms with Crippen LogP contribution in [0.15, 0.2) is 12.2 Å². The van der Waals surface area contributed by atoms with Crippen LogP contribution in [0, 0.1) is 17.8 Å². The van der Waals surface area contributed by atoms with Crippen molar-refractivity contribution in [2.75, 3.05) is 0 Å². The Hall–Kier alpha value is 0.470. The second-order valence-electron chi connectivity index (χ2n) is 5.07. The number of alkyl halides is 1. The third kappa shape index (κ3) is 0.948. The van der Waals surface area contributed by atoms with Crippen molar-refractivity contribution >= 4 is 22.6 Å². The molecule has 4 fully saturated rings. The van der Waals surface area contributed by atoms with Crippen LogP contribution in [0.4, 0.5) is 0 Å². The quantitative estimate of drug-likeness (QED) is 0.360. The predicted octanol–water partition coefficient (Wildman–Crippen LogP) is 3.56. The van der Waals surface area contributed by atoms with Gasteiger partial charge in [-0.15, -0.1) is 0 Å². The van der Waals surface area contributed by atoms with E-state index in [9.17, 15) is 0 Å². The normalized spacial score (nSPS) is 56.4. The zero-order valence-corrected chi connectivity index (χ0v) is 9.51. The summed E-state index contributed by atoms with van der Waals surface area (Å²) in [6.45, 7) is 4.28. The fourth-order valence-corrected chi connectivity index (χ4v) is 5.47. The van der Waals surface area contributed by atoms with E-state index < -0.39 is 0 Å². The van der Waals surface area contributed by atoms with Gasteiger partial charge in [-0.2, -0.15) is 0 Å². The van der Waals surface area contributed by atoms with Crippen molar-refractivity contribution in [2.45, 2.75) is 35.5 Å². The van der Waals surface area contributed by atoms with Crippen LogP contribution < -0.4 is 0 Å². The van der Waals surface area contributed by atoms with Crippen LogP contribution in [-0.2, 0) is 0 Å². The van der Waals surface area contributed by atoms with Gasteiger partial charge in [0.2, 0.25) is 0 Å². The Labute approximate surface area is 87.9 Å². The van der Waals surface area contributed by atoms with E-state index in [0.29, 0.717) is 3.42 Å². The summed E-state index contributed by atoms with van der Waals surface area (Å²) in [6.07, 6.45) is 7.34. The van der Waals surface area contributed by atoms with Gasteiger partial charge >= 0.3 is 0 Å². The van der Waals surface area contributed by atoms with Crippen molar-refractivity contribution < 1.29 is 0 Å².